The van der Waals surface area contributed by atoms with Crippen molar-refractivity contribution in [3.8, 4) is 0 Å². The van der Waals surface area contributed by atoms with Crippen molar-refractivity contribution in [2.75, 3.05) is 6.54 Å². The lowest BCUT2D eigenvalue weighted by Crippen LogP contribution is -2.23. The highest BCUT2D eigenvalue weighted by Gasteiger charge is 2.20. The van der Waals surface area contributed by atoms with Crippen LogP contribution >= 0.6 is 11.3 Å². The van der Waals surface area contributed by atoms with Gasteiger partial charge in [0.2, 0.25) is 5.91 Å². The van der Waals surface area contributed by atoms with Crippen LogP contribution in [0.3, 0.4) is 0 Å². The average Bonchev–Trinajstić information content (AvgIpc) is 3.23. The predicted octanol–water partition coefficient (Wildman–Crippen LogP) is 3.14. The van der Waals surface area contributed by atoms with E-state index in [0.29, 0.717) is 24.1 Å². The Bertz CT molecular complexity index is 800. The van der Waals surface area contributed by atoms with Crippen LogP contribution in [0.5, 0.6) is 0 Å². The van der Waals surface area contributed by atoms with Crippen LogP contribution < -0.4 is 0 Å². The molecule has 1 aliphatic rings. The molecule has 2 heterocycles. The van der Waals surface area contributed by atoms with E-state index in [4.69, 9.17) is 4.74 Å². The summed E-state index contributed by atoms with van der Waals surface area (Å²) in [6, 6.07) is 8.33. The van der Waals surface area contributed by atoms with Crippen molar-refractivity contribution in [1.29, 1.82) is 0 Å². The Morgan fingerprint density at radius 1 is 1.28 bits per heavy atom. The van der Waals surface area contributed by atoms with E-state index in [1.165, 1.54) is 6.07 Å². The van der Waals surface area contributed by atoms with Crippen LogP contribution in [0.4, 0.5) is 5.00 Å². The van der Waals surface area contributed by atoms with E-state index in [0.717, 1.165) is 29.9 Å². The molecule has 0 N–H and O–H groups in total. The molecular weight excluding hydrogens is 344 g/mol. The second-order valence-corrected chi connectivity index (χ2v) is 6.63. The molecule has 7 nitrogen and oxygen atoms in total. The molecule has 0 saturated carbocycles. The fraction of sp³-hybridized carbons (Fsp3) is 0.294. The summed E-state index contributed by atoms with van der Waals surface area (Å²) in [5, 5.41) is 12.3. The van der Waals surface area contributed by atoms with E-state index >= 15 is 0 Å². The van der Waals surface area contributed by atoms with E-state index in [9.17, 15) is 19.7 Å². The van der Waals surface area contributed by atoms with Gasteiger partial charge in [0, 0.05) is 36.5 Å². The molecule has 0 aliphatic carbocycles. The number of benzene rings is 1. The number of hydrogen-bond acceptors (Lipinski definition) is 6. The lowest BCUT2D eigenvalue weighted by atomic mass is 10.1. The summed E-state index contributed by atoms with van der Waals surface area (Å²) in [7, 11) is 0. The molecule has 0 radical (unpaired) electrons. The molecule has 1 aliphatic heterocycles. The number of rotatable bonds is 6. The number of esters is 1. The molecule has 0 spiro atoms. The van der Waals surface area contributed by atoms with Crippen LogP contribution in [0.1, 0.15) is 34.3 Å². The van der Waals surface area contributed by atoms with Gasteiger partial charge in [-0.3, -0.25) is 14.9 Å². The number of likely N-dealkylation sites (tertiary alicyclic amines) is 1. The Morgan fingerprint density at radius 2 is 2.04 bits per heavy atom. The minimum atomic E-state index is -0.488. The van der Waals surface area contributed by atoms with Crippen molar-refractivity contribution in [2.45, 2.75) is 26.0 Å². The molecule has 0 unspecified atom stereocenters. The first-order valence-electron chi connectivity index (χ1n) is 7.78. The lowest BCUT2D eigenvalue weighted by Gasteiger charge is -2.15. The standard InChI is InChI=1S/C17H16N2O5S/c20-15-2-1-7-18(15)9-12-3-5-14(6-4-12)17(21)24-10-13-8-16(19(22)23)25-11-13/h3-6,8,11H,1-2,7,9-10H2. The van der Waals surface area contributed by atoms with Crippen molar-refractivity contribution in [2.24, 2.45) is 0 Å². The number of amides is 1. The second kappa shape index (κ2) is 7.43. The highest BCUT2D eigenvalue weighted by atomic mass is 32.1. The molecule has 1 saturated heterocycles. The van der Waals surface area contributed by atoms with Crippen molar-refractivity contribution >= 4 is 28.2 Å². The third-order valence-corrected chi connectivity index (χ3v) is 4.85. The summed E-state index contributed by atoms with van der Waals surface area (Å²) in [4.78, 5) is 35.6. The van der Waals surface area contributed by atoms with Gasteiger partial charge in [-0.1, -0.05) is 23.5 Å². The zero-order valence-corrected chi connectivity index (χ0v) is 14.2. The summed E-state index contributed by atoms with van der Waals surface area (Å²) in [5.74, 6) is -0.328. The summed E-state index contributed by atoms with van der Waals surface area (Å²) < 4.78 is 5.18. The van der Waals surface area contributed by atoms with E-state index in [2.05, 4.69) is 0 Å². The van der Waals surface area contributed by atoms with Crippen LogP contribution in [-0.4, -0.2) is 28.2 Å². The summed E-state index contributed by atoms with van der Waals surface area (Å²) >= 11 is 1.000. The molecule has 0 bridgehead atoms. The van der Waals surface area contributed by atoms with E-state index in [1.54, 1.807) is 34.5 Å². The molecule has 0 atom stereocenters. The molecule has 8 heteroatoms. The van der Waals surface area contributed by atoms with Crippen LogP contribution in [0.15, 0.2) is 35.7 Å². The Labute approximate surface area is 148 Å². The molecule has 1 aromatic carbocycles. The molecular formula is C17H16N2O5S. The first-order chi connectivity index (χ1) is 12.0. The van der Waals surface area contributed by atoms with Gasteiger partial charge < -0.3 is 9.64 Å². The van der Waals surface area contributed by atoms with E-state index in [-0.39, 0.29) is 17.5 Å². The average molecular weight is 360 g/mol. The Morgan fingerprint density at radius 3 is 2.64 bits per heavy atom. The topological polar surface area (TPSA) is 89.8 Å². The molecule has 1 amide bonds. The quantitative estimate of drug-likeness (QED) is 0.448. The summed E-state index contributed by atoms with van der Waals surface area (Å²) in [6.45, 7) is 1.31. The van der Waals surface area contributed by atoms with E-state index in [1.807, 2.05) is 0 Å². The fourth-order valence-electron chi connectivity index (χ4n) is 2.60. The maximum absolute atomic E-state index is 12.0. The fourth-order valence-corrected chi connectivity index (χ4v) is 3.32. The number of carbonyl (C=O) groups is 2. The summed E-state index contributed by atoms with van der Waals surface area (Å²) in [6.07, 6.45) is 1.50. The molecule has 1 aromatic heterocycles. The molecule has 2 aromatic rings. The van der Waals surface area contributed by atoms with Gasteiger partial charge in [0.1, 0.15) is 6.61 Å². The third-order valence-electron chi connectivity index (χ3n) is 3.92. The number of carbonyl (C=O) groups excluding carboxylic acids is 2. The van der Waals surface area contributed by atoms with Gasteiger partial charge in [-0.15, -0.1) is 0 Å². The molecule has 25 heavy (non-hydrogen) atoms. The van der Waals surface area contributed by atoms with Gasteiger partial charge in [-0.25, -0.2) is 4.79 Å². The molecule has 130 valence electrons. The van der Waals surface area contributed by atoms with Crippen molar-refractivity contribution in [3.63, 3.8) is 0 Å². The van der Waals surface area contributed by atoms with E-state index < -0.39 is 10.9 Å². The first-order valence-corrected chi connectivity index (χ1v) is 8.66. The first kappa shape index (κ1) is 17.1. The zero-order chi connectivity index (χ0) is 17.8. The number of nitro groups is 1. The minimum Gasteiger partial charge on any atom is -0.457 e. The number of nitrogens with zero attached hydrogens (tertiary/aromatic N) is 2. The van der Waals surface area contributed by atoms with Gasteiger partial charge in [-0.2, -0.15) is 0 Å². The molecule has 3 rings (SSSR count). The number of thiophene rings is 1. The van der Waals surface area contributed by atoms with Gasteiger partial charge >= 0.3 is 11.0 Å². The lowest BCUT2D eigenvalue weighted by molar-refractivity contribution is -0.380. The smallest absolute Gasteiger partial charge is 0.338 e. The van der Waals surface area contributed by atoms with Gasteiger partial charge in [0.15, 0.2) is 0 Å². The van der Waals surface area contributed by atoms with Gasteiger partial charge in [0.25, 0.3) is 0 Å². The van der Waals surface area contributed by atoms with Crippen molar-refractivity contribution < 1.29 is 19.2 Å². The minimum absolute atomic E-state index is 0.00674. The number of ether oxygens (including phenoxy) is 1. The Balaban J connectivity index is 1.54. The van der Waals surface area contributed by atoms with Crippen LogP contribution in [0, 0.1) is 10.1 Å². The van der Waals surface area contributed by atoms with Crippen molar-refractivity contribution in [1.82, 2.24) is 4.90 Å². The Hall–Kier alpha value is -2.74. The maximum atomic E-state index is 12.0. The van der Waals surface area contributed by atoms with Gasteiger partial charge in [0.05, 0.1) is 10.5 Å². The monoisotopic (exact) mass is 360 g/mol. The largest absolute Gasteiger partial charge is 0.457 e. The normalized spacial score (nSPS) is 13.9. The van der Waals surface area contributed by atoms with Crippen LogP contribution in [0.25, 0.3) is 0 Å². The Kier molecular flexibility index (Phi) is 5.08. The second-order valence-electron chi connectivity index (χ2n) is 5.74. The highest BCUT2D eigenvalue weighted by Crippen LogP contribution is 2.23. The van der Waals surface area contributed by atoms with Crippen molar-refractivity contribution in [3.05, 3.63) is 62.5 Å². The third kappa shape index (κ3) is 4.21. The van der Waals surface area contributed by atoms with Crippen LogP contribution in [0.2, 0.25) is 0 Å². The highest BCUT2D eigenvalue weighted by molar-refractivity contribution is 7.13. The van der Waals surface area contributed by atoms with Crippen LogP contribution in [-0.2, 0) is 22.7 Å². The summed E-state index contributed by atoms with van der Waals surface area (Å²) in [5.41, 5.74) is 1.95. The zero-order valence-electron chi connectivity index (χ0n) is 13.3. The number of hydrogen-bond donors (Lipinski definition) is 0. The maximum Gasteiger partial charge on any atom is 0.338 e. The molecule has 1 fully saturated rings. The van der Waals surface area contributed by atoms with Gasteiger partial charge in [-0.05, 0) is 24.1 Å². The SMILES string of the molecule is O=C(OCc1csc([N+](=O)[O-])c1)c1ccc(CN2CCCC2=O)cc1. The predicted molar refractivity (Wildman–Crippen MR) is 91.2 cm³/mol.